The smallest absolute Gasteiger partial charge is 0.328 e. The van der Waals surface area contributed by atoms with Crippen molar-refractivity contribution in [2.75, 3.05) is 20.7 Å². The molecule has 0 saturated carbocycles. The maximum Gasteiger partial charge on any atom is 0.328 e. The molecule has 88 valence electrons. The summed E-state index contributed by atoms with van der Waals surface area (Å²) in [4.78, 5) is 22.7. The summed E-state index contributed by atoms with van der Waals surface area (Å²) < 4.78 is 4.64. The second-order valence-corrected chi connectivity index (χ2v) is 3.48. The van der Waals surface area contributed by atoms with E-state index in [-0.39, 0.29) is 18.4 Å². The van der Waals surface area contributed by atoms with E-state index in [1.807, 2.05) is 13.8 Å². The fourth-order valence-corrected chi connectivity index (χ4v) is 1.18. The number of carbonyl (C=O) groups excluding carboxylic acids is 2. The van der Waals surface area contributed by atoms with Crippen molar-refractivity contribution >= 4 is 11.9 Å². The van der Waals surface area contributed by atoms with Crippen molar-refractivity contribution in [2.24, 2.45) is 5.92 Å². The van der Waals surface area contributed by atoms with E-state index in [2.05, 4.69) is 15.4 Å². The first-order valence-electron chi connectivity index (χ1n) is 5.08. The average molecular weight is 216 g/mol. The molecule has 15 heavy (non-hydrogen) atoms. The zero-order valence-corrected chi connectivity index (χ0v) is 9.79. The van der Waals surface area contributed by atoms with Crippen molar-refractivity contribution in [3.63, 3.8) is 0 Å². The molecule has 0 unspecified atom stereocenters. The summed E-state index contributed by atoms with van der Waals surface area (Å²) in [5, 5.41) is 5.37. The van der Waals surface area contributed by atoms with Gasteiger partial charge in [-0.25, -0.2) is 4.79 Å². The molecule has 0 radical (unpaired) electrons. The molecule has 0 rings (SSSR count). The van der Waals surface area contributed by atoms with Gasteiger partial charge >= 0.3 is 5.97 Å². The van der Waals surface area contributed by atoms with Gasteiger partial charge in [0.25, 0.3) is 0 Å². The van der Waals surface area contributed by atoms with Gasteiger partial charge in [0.2, 0.25) is 5.91 Å². The van der Waals surface area contributed by atoms with E-state index in [4.69, 9.17) is 0 Å². The van der Waals surface area contributed by atoms with Crippen molar-refractivity contribution < 1.29 is 14.3 Å². The fourth-order valence-electron chi connectivity index (χ4n) is 1.18. The van der Waals surface area contributed by atoms with Crippen molar-refractivity contribution in [3.8, 4) is 0 Å². The highest BCUT2D eigenvalue weighted by Gasteiger charge is 2.26. The number of rotatable bonds is 6. The number of hydrogen-bond acceptors (Lipinski definition) is 4. The Bertz CT molecular complexity index is 219. The molecule has 0 aromatic carbocycles. The predicted octanol–water partition coefficient (Wildman–Crippen LogP) is -0.0903. The highest BCUT2D eigenvalue weighted by Crippen LogP contribution is 2.08. The molecule has 2 N–H and O–H groups in total. The van der Waals surface area contributed by atoms with Crippen LogP contribution in [0.1, 0.15) is 20.3 Å². The van der Waals surface area contributed by atoms with Crippen LogP contribution in [0.3, 0.4) is 0 Å². The Balaban J connectivity index is 4.37. The minimum absolute atomic E-state index is 0.0678. The number of hydrogen-bond donors (Lipinski definition) is 2. The van der Waals surface area contributed by atoms with Crippen LogP contribution in [-0.2, 0) is 14.3 Å². The van der Waals surface area contributed by atoms with Gasteiger partial charge in [0.15, 0.2) is 0 Å². The van der Waals surface area contributed by atoms with E-state index in [0.717, 1.165) is 6.42 Å². The first kappa shape index (κ1) is 13.9. The number of amides is 1. The molecule has 5 nitrogen and oxygen atoms in total. The summed E-state index contributed by atoms with van der Waals surface area (Å²) in [5.41, 5.74) is 0. The van der Waals surface area contributed by atoms with Crippen molar-refractivity contribution in [2.45, 2.75) is 26.3 Å². The standard InChI is InChI=1S/C10H20N2O3/c1-5-7(2)9(10(14)15-4)12-8(13)6-11-3/h7,9,11H,5-6H2,1-4H3,(H,12,13)/t7-,9-/m0/s1. The molecule has 0 aliphatic heterocycles. The lowest BCUT2D eigenvalue weighted by molar-refractivity contribution is -0.146. The molecule has 0 aliphatic rings. The Labute approximate surface area is 90.6 Å². The molecule has 0 aromatic heterocycles. The molecule has 0 spiro atoms. The van der Waals surface area contributed by atoms with Crippen molar-refractivity contribution in [1.82, 2.24) is 10.6 Å². The molecule has 5 heteroatoms. The second-order valence-electron chi connectivity index (χ2n) is 3.48. The first-order valence-corrected chi connectivity index (χ1v) is 5.08. The Morgan fingerprint density at radius 3 is 2.40 bits per heavy atom. The Hall–Kier alpha value is -1.10. The molecule has 0 fully saturated rings. The maximum absolute atomic E-state index is 11.4. The van der Waals surface area contributed by atoms with Crippen molar-refractivity contribution in [1.29, 1.82) is 0 Å². The summed E-state index contributed by atoms with van der Waals surface area (Å²) in [6.07, 6.45) is 0.805. The van der Waals surface area contributed by atoms with Gasteiger partial charge < -0.3 is 15.4 Å². The number of nitrogens with one attached hydrogen (secondary N) is 2. The minimum Gasteiger partial charge on any atom is -0.467 e. The second kappa shape index (κ2) is 7.23. The Morgan fingerprint density at radius 1 is 1.40 bits per heavy atom. The summed E-state index contributed by atoms with van der Waals surface area (Å²) in [5.74, 6) is -0.528. The van der Waals surface area contributed by atoms with Gasteiger partial charge in [-0.1, -0.05) is 20.3 Å². The highest BCUT2D eigenvalue weighted by molar-refractivity contribution is 5.85. The molecule has 0 heterocycles. The first-order chi connectivity index (χ1) is 7.06. The molecule has 0 aromatic rings. The van der Waals surface area contributed by atoms with Crippen molar-refractivity contribution in [3.05, 3.63) is 0 Å². The number of carbonyl (C=O) groups is 2. The van der Waals surface area contributed by atoms with Gasteiger partial charge in [-0.2, -0.15) is 0 Å². The van der Waals surface area contributed by atoms with Gasteiger partial charge in [0.1, 0.15) is 6.04 Å². The molecule has 0 bridgehead atoms. The van der Waals surface area contributed by atoms with Gasteiger partial charge in [-0.15, -0.1) is 0 Å². The fraction of sp³-hybridized carbons (Fsp3) is 0.800. The van der Waals surface area contributed by atoms with E-state index in [1.165, 1.54) is 7.11 Å². The van der Waals surface area contributed by atoms with Gasteiger partial charge in [-0.05, 0) is 13.0 Å². The third-order valence-electron chi connectivity index (χ3n) is 2.32. The summed E-state index contributed by atoms with van der Waals surface area (Å²) in [7, 11) is 3.00. The summed E-state index contributed by atoms with van der Waals surface area (Å²) in [6.45, 7) is 4.07. The zero-order valence-electron chi connectivity index (χ0n) is 9.79. The Kier molecular flexibility index (Phi) is 6.70. The van der Waals surface area contributed by atoms with Crippen LogP contribution in [0.4, 0.5) is 0 Å². The van der Waals surface area contributed by atoms with Gasteiger partial charge in [-0.3, -0.25) is 4.79 Å². The van der Waals surface area contributed by atoms with Crippen LogP contribution in [0.15, 0.2) is 0 Å². The van der Waals surface area contributed by atoms with Gasteiger partial charge in [0.05, 0.1) is 13.7 Å². The normalized spacial score (nSPS) is 14.1. The van der Waals surface area contributed by atoms with E-state index < -0.39 is 12.0 Å². The van der Waals surface area contributed by atoms with E-state index in [9.17, 15) is 9.59 Å². The van der Waals surface area contributed by atoms with Crippen LogP contribution in [0.25, 0.3) is 0 Å². The van der Waals surface area contributed by atoms with Crippen LogP contribution in [0.5, 0.6) is 0 Å². The van der Waals surface area contributed by atoms with E-state index in [1.54, 1.807) is 7.05 Å². The Morgan fingerprint density at radius 2 is 2.00 bits per heavy atom. The SMILES string of the molecule is CC[C@H](C)[C@H](NC(=O)CNC)C(=O)OC. The molecule has 1 amide bonds. The summed E-state index contributed by atoms with van der Waals surface area (Å²) >= 11 is 0. The molecule has 2 atom stereocenters. The minimum atomic E-state index is -0.555. The third-order valence-corrected chi connectivity index (χ3v) is 2.32. The van der Waals surface area contributed by atoms with Crippen LogP contribution in [0.2, 0.25) is 0 Å². The lowest BCUT2D eigenvalue weighted by Crippen LogP contribution is -2.48. The van der Waals surface area contributed by atoms with Gasteiger partial charge in [0, 0.05) is 0 Å². The van der Waals surface area contributed by atoms with Crippen LogP contribution in [0, 0.1) is 5.92 Å². The average Bonchev–Trinajstić information content (AvgIpc) is 2.24. The number of esters is 1. The zero-order chi connectivity index (χ0) is 11.8. The maximum atomic E-state index is 11.4. The molecule has 0 saturated heterocycles. The molecular formula is C10H20N2O3. The number of methoxy groups -OCH3 is 1. The lowest BCUT2D eigenvalue weighted by Gasteiger charge is -2.21. The number of likely N-dealkylation sites (N-methyl/N-ethyl adjacent to an activating group) is 1. The monoisotopic (exact) mass is 216 g/mol. The summed E-state index contributed by atoms with van der Waals surface area (Å²) in [6, 6.07) is -0.555. The van der Waals surface area contributed by atoms with E-state index in [0.29, 0.717) is 0 Å². The molecular weight excluding hydrogens is 196 g/mol. The largest absolute Gasteiger partial charge is 0.467 e. The quantitative estimate of drug-likeness (QED) is 0.609. The lowest BCUT2D eigenvalue weighted by atomic mass is 9.99. The highest BCUT2D eigenvalue weighted by atomic mass is 16.5. The van der Waals surface area contributed by atoms with Crippen LogP contribution < -0.4 is 10.6 Å². The van der Waals surface area contributed by atoms with Crippen LogP contribution in [-0.4, -0.2) is 38.6 Å². The molecule has 0 aliphatic carbocycles. The van der Waals surface area contributed by atoms with Crippen LogP contribution >= 0.6 is 0 Å². The topological polar surface area (TPSA) is 67.4 Å². The number of ether oxygens (including phenoxy) is 1. The van der Waals surface area contributed by atoms with E-state index >= 15 is 0 Å². The third kappa shape index (κ3) is 4.78. The predicted molar refractivity (Wildman–Crippen MR) is 57.3 cm³/mol.